The summed E-state index contributed by atoms with van der Waals surface area (Å²) in [6, 6.07) is 5.96. The van der Waals surface area contributed by atoms with Gasteiger partial charge in [0.1, 0.15) is 0 Å². The summed E-state index contributed by atoms with van der Waals surface area (Å²) in [5, 5.41) is 0. The molecule has 0 aliphatic rings. The molecule has 0 fully saturated rings. The second-order valence-corrected chi connectivity index (χ2v) is 2.97. The number of aryl methyl sites for hydroxylation is 1. The van der Waals surface area contributed by atoms with E-state index in [4.69, 9.17) is 11.5 Å². The van der Waals surface area contributed by atoms with Gasteiger partial charge in [0.25, 0.3) is 0 Å². The summed E-state index contributed by atoms with van der Waals surface area (Å²) in [4.78, 5) is 4.33. The average Bonchev–Trinajstić information content (AvgIpc) is 2.04. The molecule has 12 heavy (non-hydrogen) atoms. The molecule has 0 aromatic carbocycles. The van der Waals surface area contributed by atoms with Crippen LogP contribution in [0.2, 0.25) is 0 Å². The highest BCUT2D eigenvalue weighted by molar-refractivity contribution is 5.10. The molecule has 0 bridgehead atoms. The van der Waals surface area contributed by atoms with Crippen LogP contribution in [0.3, 0.4) is 0 Å². The molecule has 0 amide bonds. The normalized spacial score (nSPS) is 12.9. The van der Waals surface area contributed by atoms with Crippen molar-refractivity contribution in [2.24, 2.45) is 11.5 Å². The summed E-state index contributed by atoms with van der Waals surface area (Å²) < 4.78 is 0. The predicted octanol–water partition coefficient (Wildman–Crippen LogP) is 0.219. The van der Waals surface area contributed by atoms with E-state index in [1.54, 1.807) is 0 Å². The van der Waals surface area contributed by atoms with E-state index in [9.17, 15) is 0 Å². The summed E-state index contributed by atoms with van der Waals surface area (Å²) in [6.07, 6.45) is 0.762. The van der Waals surface area contributed by atoms with E-state index in [0.717, 1.165) is 17.8 Å². The molecule has 0 radical (unpaired) electrons. The number of hydrogen-bond acceptors (Lipinski definition) is 3. The summed E-state index contributed by atoms with van der Waals surface area (Å²) in [7, 11) is 0. The van der Waals surface area contributed by atoms with Gasteiger partial charge in [-0.3, -0.25) is 4.98 Å². The van der Waals surface area contributed by atoms with Crippen molar-refractivity contribution in [2.45, 2.75) is 19.4 Å². The van der Waals surface area contributed by atoms with Crippen LogP contribution in [-0.2, 0) is 6.42 Å². The van der Waals surface area contributed by atoms with Gasteiger partial charge in [-0.1, -0.05) is 6.07 Å². The van der Waals surface area contributed by atoms with E-state index < -0.39 is 0 Å². The molecule has 1 aromatic rings. The maximum Gasteiger partial charge on any atom is 0.0422 e. The van der Waals surface area contributed by atoms with Gasteiger partial charge in [-0.15, -0.1) is 0 Å². The largest absolute Gasteiger partial charge is 0.329 e. The average molecular weight is 165 g/mol. The van der Waals surface area contributed by atoms with Gasteiger partial charge >= 0.3 is 0 Å². The minimum atomic E-state index is 0.0271. The first-order chi connectivity index (χ1) is 5.72. The van der Waals surface area contributed by atoms with Crippen LogP contribution in [0.4, 0.5) is 0 Å². The number of nitrogens with two attached hydrogens (primary N) is 2. The summed E-state index contributed by atoms with van der Waals surface area (Å²) in [5.41, 5.74) is 13.1. The Balaban J connectivity index is 2.63. The first-order valence-electron chi connectivity index (χ1n) is 4.10. The lowest BCUT2D eigenvalue weighted by molar-refractivity contribution is 0.666. The summed E-state index contributed by atoms with van der Waals surface area (Å²) in [6.45, 7) is 2.48. The van der Waals surface area contributed by atoms with E-state index in [2.05, 4.69) is 4.98 Å². The molecule has 3 nitrogen and oxygen atoms in total. The van der Waals surface area contributed by atoms with Crippen molar-refractivity contribution >= 4 is 0 Å². The number of nitrogens with zero attached hydrogens (tertiary/aromatic N) is 1. The van der Waals surface area contributed by atoms with Gasteiger partial charge in [0, 0.05) is 30.4 Å². The molecule has 0 saturated heterocycles. The standard InChI is InChI=1S/C9H15N3/c1-7-3-2-4-9(12-7)5-8(11)6-10/h2-4,8H,5-6,10-11H2,1H3. The van der Waals surface area contributed by atoms with Crippen molar-refractivity contribution in [3.63, 3.8) is 0 Å². The van der Waals surface area contributed by atoms with Crippen LogP contribution in [0.25, 0.3) is 0 Å². The van der Waals surface area contributed by atoms with Crippen molar-refractivity contribution in [1.29, 1.82) is 0 Å². The lowest BCUT2D eigenvalue weighted by Gasteiger charge is -2.07. The zero-order valence-electron chi connectivity index (χ0n) is 7.33. The van der Waals surface area contributed by atoms with Crippen LogP contribution < -0.4 is 11.5 Å². The minimum Gasteiger partial charge on any atom is -0.329 e. The Morgan fingerprint density at radius 2 is 2.25 bits per heavy atom. The Kier molecular flexibility index (Phi) is 3.19. The highest BCUT2D eigenvalue weighted by Crippen LogP contribution is 2.00. The van der Waals surface area contributed by atoms with Gasteiger partial charge in [0.2, 0.25) is 0 Å². The molecule has 1 aromatic heterocycles. The molecule has 1 unspecified atom stereocenters. The highest BCUT2D eigenvalue weighted by atomic mass is 14.8. The van der Waals surface area contributed by atoms with Crippen molar-refractivity contribution in [3.8, 4) is 0 Å². The van der Waals surface area contributed by atoms with Gasteiger partial charge in [-0.2, -0.15) is 0 Å². The lowest BCUT2D eigenvalue weighted by atomic mass is 10.1. The third-order valence-electron chi connectivity index (χ3n) is 1.72. The van der Waals surface area contributed by atoms with Crippen LogP contribution in [0.15, 0.2) is 18.2 Å². The summed E-state index contributed by atoms with van der Waals surface area (Å²) >= 11 is 0. The number of hydrogen-bond donors (Lipinski definition) is 2. The first kappa shape index (κ1) is 9.16. The quantitative estimate of drug-likeness (QED) is 0.673. The van der Waals surface area contributed by atoms with Gasteiger partial charge in [-0.05, 0) is 19.1 Å². The lowest BCUT2D eigenvalue weighted by Crippen LogP contribution is -2.32. The fourth-order valence-electron chi connectivity index (χ4n) is 1.07. The molecule has 1 rings (SSSR count). The Labute approximate surface area is 72.8 Å². The van der Waals surface area contributed by atoms with Crippen LogP contribution in [0.1, 0.15) is 11.4 Å². The fraction of sp³-hybridized carbons (Fsp3) is 0.444. The number of rotatable bonds is 3. The molecule has 1 atom stereocenters. The zero-order valence-corrected chi connectivity index (χ0v) is 7.33. The van der Waals surface area contributed by atoms with Gasteiger partial charge in [0.15, 0.2) is 0 Å². The Morgan fingerprint density at radius 3 is 2.83 bits per heavy atom. The zero-order chi connectivity index (χ0) is 8.97. The topological polar surface area (TPSA) is 64.9 Å². The van der Waals surface area contributed by atoms with Crippen molar-refractivity contribution in [3.05, 3.63) is 29.6 Å². The van der Waals surface area contributed by atoms with Crippen molar-refractivity contribution in [2.75, 3.05) is 6.54 Å². The third-order valence-corrected chi connectivity index (χ3v) is 1.72. The second kappa shape index (κ2) is 4.18. The smallest absolute Gasteiger partial charge is 0.0422 e. The van der Waals surface area contributed by atoms with E-state index in [1.165, 1.54) is 0 Å². The first-order valence-corrected chi connectivity index (χ1v) is 4.10. The van der Waals surface area contributed by atoms with Crippen LogP contribution in [0.5, 0.6) is 0 Å². The monoisotopic (exact) mass is 165 g/mol. The van der Waals surface area contributed by atoms with Gasteiger partial charge in [-0.25, -0.2) is 0 Å². The minimum absolute atomic E-state index is 0.0271. The molecular formula is C9H15N3. The molecule has 0 aliphatic carbocycles. The number of pyridine rings is 1. The van der Waals surface area contributed by atoms with Crippen molar-refractivity contribution < 1.29 is 0 Å². The maximum atomic E-state index is 5.69. The summed E-state index contributed by atoms with van der Waals surface area (Å²) in [5.74, 6) is 0. The Hall–Kier alpha value is -0.930. The molecule has 0 spiro atoms. The fourth-order valence-corrected chi connectivity index (χ4v) is 1.07. The van der Waals surface area contributed by atoms with Gasteiger partial charge in [0.05, 0.1) is 0 Å². The molecule has 0 saturated carbocycles. The molecule has 1 heterocycles. The molecule has 0 aliphatic heterocycles. The molecule has 4 N–H and O–H groups in total. The van der Waals surface area contributed by atoms with Crippen molar-refractivity contribution in [1.82, 2.24) is 4.98 Å². The third kappa shape index (κ3) is 2.60. The van der Waals surface area contributed by atoms with E-state index in [-0.39, 0.29) is 6.04 Å². The van der Waals surface area contributed by atoms with Gasteiger partial charge < -0.3 is 11.5 Å². The Bertz CT molecular complexity index is 247. The number of aromatic nitrogens is 1. The SMILES string of the molecule is Cc1cccc(CC(N)CN)n1. The molecule has 66 valence electrons. The predicted molar refractivity (Wildman–Crippen MR) is 49.7 cm³/mol. The van der Waals surface area contributed by atoms with Crippen LogP contribution in [-0.4, -0.2) is 17.6 Å². The van der Waals surface area contributed by atoms with Crippen LogP contribution in [0, 0.1) is 6.92 Å². The van der Waals surface area contributed by atoms with E-state index in [0.29, 0.717) is 6.54 Å². The Morgan fingerprint density at radius 1 is 1.50 bits per heavy atom. The maximum absolute atomic E-state index is 5.69. The van der Waals surface area contributed by atoms with Crippen LogP contribution >= 0.6 is 0 Å². The second-order valence-electron chi connectivity index (χ2n) is 2.97. The van der Waals surface area contributed by atoms with E-state index in [1.807, 2.05) is 25.1 Å². The van der Waals surface area contributed by atoms with E-state index >= 15 is 0 Å². The molecular weight excluding hydrogens is 150 g/mol. The highest BCUT2D eigenvalue weighted by Gasteiger charge is 2.01. The molecule has 3 heteroatoms.